The quantitative estimate of drug-likeness (QED) is 0.615. The molecule has 2 nitrogen and oxygen atoms in total. The molecule has 0 aliphatic rings. The van der Waals surface area contributed by atoms with Gasteiger partial charge in [0.2, 0.25) is 0 Å². The predicted octanol–water partition coefficient (Wildman–Crippen LogP) is 3.67. The van der Waals surface area contributed by atoms with E-state index in [9.17, 15) is 4.79 Å². The molecule has 0 saturated carbocycles. The van der Waals surface area contributed by atoms with Crippen LogP contribution in [0.4, 0.5) is 0 Å². The van der Waals surface area contributed by atoms with Crippen LogP contribution in [0.2, 0.25) is 0 Å². The summed E-state index contributed by atoms with van der Waals surface area (Å²) in [5.74, 6) is 0.0533. The molecule has 2 rings (SSSR count). The van der Waals surface area contributed by atoms with E-state index in [0.717, 1.165) is 16.0 Å². The molecule has 1 aromatic carbocycles. The van der Waals surface area contributed by atoms with Gasteiger partial charge in [0.05, 0.1) is 4.88 Å². The SMILES string of the molecule is CN(C)C=CC(=O)c1sccc1-c1ccccc1. The first-order valence-electron chi connectivity index (χ1n) is 5.70. The van der Waals surface area contributed by atoms with E-state index in [4.69, 9.17) is 0 Å². The largest absolute Gasteiger partial charge is 0.383 e. The number of thiophene rings is 1. The summed E-state index contributed by atoms with van der Waals surface area (Å²) in [5, 5.41) is 1.96. The fraction of sp³-hybridized carbons (Fsp3) is 0.133. The van der Waals surface area contributed by atoms with Crippen molar-refractivity contribution in [3.63, 3.8) is 0 Å². The first-order chi connectivity index (χ1) is 8.68. The summed E-state index contributed by atoms with van der Waals surface area (Å²) in [6.07, 6.45) is 3.38. The van der Waals surface area contributed by atoms with E-state index in [2.05, 4.69) is 0 Å². The highest BCUT2D eigenvalue weighted by atomic mass is 32.1. The first-order valence-corrected chi connectivity index (χ1v) is 6.58. The van der Waals surface area contributed by atoms with Crippen molar-refractivity contribution in [2.45, 2.75) is 0 Å². The molecule has 0 amide bonds. The van der Waals surface area contributed by atoms with Crippen molar-refractivity contribution in [1.82, 2.24) is 4.90 Å². The molecule has 0 aliphatic carbocycles. The van der Waals surface area contributed by atoms with Gasteiger partial charge >= 0.3 is 0 Å². The Balaban J connectivity index is 2.31. The van der Waals surface area contributed by atoms with Crippen LogP contribution >= 0.6 is 11.3 Å². The number of benzene rings is 1. The molecule has 1 heterocycles. The number of ketones is 1. The molecule has 18 heavy (non-hydrogen) atoms. The number of hydrogen-bond donors (Lipinski definition) is 0. The standard InChI is InChI=1S/C15H15NOS/c1-16(2)10-8-14(17)15-13(9-11-18-15)12-6-4-3-5-7-12/h3-11H,1-2H3. The summed E-state index contributed by atoms with van der Waals surface area (Å²) in [4.78, 5) is 14.7. The van der Waals surface area contributed by atoms with Crippen LogP contribution in [0.25, 0.3) is 11.1 Å². The minimum absolute atomic E-state index is 0.0533. The van der Waals surface area contributed by atoms with Gasteiger partial charge in [0, 0.05) is 31.9 Å². The summed E-state index contributed by atoms with van der Waals surface area (Å²) < 4.78 is 0. The van der Waals surface area contributed by atoms with E-state index in [1.54, 1.807) is 12.3 Å². The zero-order valence-corrected chi connectivity index (χ0v) is 11.3. The van der Waals surface area contributed by atoms with Crippen molar-refractivity contribution in [2.75, 3.05) is 14.1 Å². The Labute approximate surface area is 111 Å². The van der Waals surface area contributed by atoms with Crippen LogP contribution in [0.3, 0.4) is 0 Å². The lowest BCUT2D eigenvalue weighted by molar-refractivity contribution is 0.105. The molecule has 0 saturated heterocycles. The Hall–Kier alpha value is -1.87. The van der Waals surface area contributed by atoms with E-state index in [0.29, 0.717) is 0 Å². The Morgan fingerprint density at radius 2 is 1.89 bits per heavy atom. The van der Waals surface area contributed by atoms with Crippen molar-refractivity contribution >= 4 is 17.1 Å². The number of carbonyl (C=O) groups excluding carboxylic acids is 1. The second-order valence-electron chi connectivity index (χ2n) is 4.17. The van der Waals surface area contributed by atoms with E-state index < -0.39 is 0 Å². The lowest BCUT2D eigenvalue weighted by atomic mass is 10.1. The molecular weight excluding hydrogens is 242 g/mol. The normalized spacial score (nSPS) is 10.8. The van der Waals surface area contributed by atoms with Crippen LogP contribution in [0.5, 0.6) is 0 Å². The van der Waals surface area contributed by atoms with E-state index in [1.165, 1.54) is 11.3 Å². The van der Waals surface area contributed by atoms with Crippen LogP contribution in [0.15, 0.2) is 54.1 Å². The highest BCUT2D eigenvalue weighted by Gasteiger charge is 2.11. The number of rotatable bonds is 4. The average molecular weight is 257 g/mol. The van der Waals surface area contributed by atoms with Gasteiger partial charge in [0.1, 0.15) is 0 Å². The van der Waals surface area contributed by atoms with Gasteiger partial charge in [-0.15, -0.1) is 11.3 Å². The van der Waals surface area contributed by atoms with Gasteiger partial charge in [-0.1, -0.05) is 30.3 Å². The summed E-state index contributed by atoms with van der Waals surface area (Å²) in [6, 6.07) is 12.0. The van der Waals surface area contributed by atoms with Crippen molar-refractivity contribution in [1.29, 1.82) is 0 Å². The van der Waals surface area contributed by atoms with Crippen LogP contribution in [-0.4, -0.2) is 24.8 Å². The number of hydrogen-bond acceptors (Lipinski definition) is 3. The van der Waals surface area contributed by atoms with Crippen LogP contribution in [0, 0.1) is 0 Å². The second kappa shape index (κ2) is 5.65. The number of nitrogens with zero attached hydrogens (tertiary/aromatic N) is 1. The lowest BCUT2D eigenvalue weighted by Crippen LogP contribution is -2.02. The van der Waals surface area contributed by atoms with E-state index in [1.807, 2.05) is 60.8 Å². The molecule has 0 fully saturated rings. The van der Waals surface area contributed by atoms with Gasteiger partial charge < -0.3 is 4.90 Å². The highest BCUT2D eigenvalue weighted by Crippen LogP contribution is 2.28. The third-order valence-electron chi connectivity index (χ3n) is 2.50. The van der Waals surface area contributed by atoms with Gasteiger partial charge in [-0.25, -0.2) is 0 Å². The van der Waals surface area contributed by atoms with E-state index >= 15 is 0 Å². The van der Waals surface area contributed by atoms with Gasteiger partial charge in [0.25, 0.3) is 0 Å². The maximum Gasteiger partial charge on any atom is 0.197 e. The third-order valence-corrected chi connectivity index (χ3v) is 3.43. The Kier molecular flexibility index (Phi) is 3.95. The smallest absolute Gasteiger partial charge is 0.197 e. The van der Waals surface area contributed by atoms with Gasteiger partial charge in [-0.05, 0) is 17.0 Å². The lowest BCUT2D eigenvalue weighted by Gasteiger charge is -2.03. The van der Waals surface area contributed by atoms with Gasteiger partial charge in [0.15, 0.2) is 5.78 Å². The van der Waals surface area contributed by atoms with Crippen LogP contribution in [0.1, 0.15) is 9.67 Å². The van der Waals surface area contributed by atoms with Gasteiger partial charge in [-0.2, -0.15) is 0 Å². The molecule has 3 heteroatoms. The number of carbonyl (C=O) groups is 1. The van der Waals surface area contributed by atoms with Crippen molar-refractivity contribution in [2.24, 2.45) is 0 Å². The summed E-state index contributed by atoms with van der Waals surface area (Å²) >= 11 is 1.48. The predicted molar refractivity (Wildman–Crippen MR) is 76.9 cm³/mol. The molecular formula is C15H15NOS. The zero-order chi connectivity index (χ0) is 13.0. The molecule has 0 aliphatic heterocycles. The fourth-order valence-corrected chi connectivity index (χ4v) is 2.47. The Morgan fingerprint density at radius 3 is 2.56 bits per heavy atom. The molecule has 92 valence electrons. The maximum absolute atomic E-state index is 12.1. The molecule has 0 spiro atoms. The summed E-state index contributed by atoms with van der Waals surface area (Å²) in [5.41, 5.74) is 2.09. The van der Waals surface area contributed by atoms with E-state index in [-0.39, 0.29) is 5.78 Å². The van der Waals surface area contributed by atoms with Crippen molar-refractivity contribution < 1.29 is 4.79 Å². The molecule has 0 unspecified atom stereocenters. The zero-order valence-electron chi connectivity index (χ0n) is 10.5. The van der Waals surface area contributed by atoms with Crippen LogP contribution in [-0.2, 0) is 0 Å². The Bertz CT molecular complexity index is 555. The topological polar surface area (TPSA) is 20.3 Å². The Morgan fingerprint density at radius 1 is 1.17 bits per heavy atom. The summed E-state index contributed by atoms with van der Waals surface area (Å²) in [6.45, 7) is 0. The highest BCUT2D eigenvalue weighted by molar-refractivity contribution is 7.12. The van der Waals surface area contributed by atoms with Gasteiger partial charge in [-0.3, -0.25) is 4.79 Å². The third kappa shape index (κ3) is 2.87. The minimum Gasteiger partial charge on any atom is -0.383 e. The molecule has 0 bridgehead atoms. The minimum atomic E-state index is 0.0533. The molecule has 0 N–H and O–H groups in total. The number of allylic oxidation sites excluding steroid dienone is 1. The molecule has 1 aromatic heterocycles. The summed E-state index contributed by atoms with van der Waals surface area (Å²) in [7, 11) is 3.80. The molecule has 2 aromatic rings. The van der Waals surface area contributed by atoms with Crippen molar-refractivity contribution in [3.05, 3.63) is 58.9 Å². The van der Waals surface area contributed by atoms with Crippen molar-refractivity contribution in [3.8, 4) is 11.1 Å². The monoisotopic (exact) mass is 257 g/mol. The van der Waals surface area contributed by atoms with Crippen LogP contribution < -0.4 is 0 Å². The second-order valence-corrected chi connectivity index (χ2v) is 5.09. The fourth-order valence-electron chi connectivity index (χ4n) is 1.64. The maximum atomic E-state index is 12.1. The molecule has 0 atom stereocenters. The average Bonchev–Trinajstić information content (AvgIpc) is 2.86. The first kappa shape index (κ1) is 12.6. The molecule has 0 radical (unpaired) electrons.